The molecule has 30 heteroatoms. The van der Waals surface area contributed by atoms with Crippen LogP contribution in [0.2, 0.25) is 0 Å². The molecule has 4 aliphatic rings. The molecular weight excluding hydrogens is 967 g/mol. The van der Waals surface area contributed by atoms with Gasteiger partial charge in [-0.2, -0.15) is 43.2 Å². The molecule has 0 amide bonds. The highest BCUT2D eigenvalue weighted by molar-refractivity contribution is 7.80. The standard InChI is InChI=1S/C20H24N2O2.C17H16F6N2O.2H2O4S.7H2O/c1-3-13-12-22-9-7-14(13)10-19(22)20(23)16-6-8-21-18-5-4-15(24-2)11-17(16)18;18-16(19,20)11-5-3-4-9-10(15(26)12-6-1-2-7-24-12)8-13(17(21,22)23)25-14(9)11;2*1-5(2,3)4;;;;;;;/h3-6,8,11,13-14,19-20,23H,1,7,9-10,12H2,2H3;3-5,8,12,15,24,26H,1-2,6-7H2;2*(H2,1,2,3,4);7*1H2/t13-,14-,19-,20+;12-,15+;;;;;;;;;/m01........./s1. The van der Waals surface area contributed by atoms with Crippen molar-refractivity contribution in [1.82, 2.24) is 20.2 Å². The third-order valence-electron chi connectivity index (χ3n) is 10.3. The zero-order valence-electron chi connectivity index (χ0n) is 35.3. The Kier molecular flexibility index (Phi) is 29.2. The number of halogens is 6. The van der Waals surface area contributed by atoms with Crippen molar-refractivity contribution in [3.63, 3.8) is 0 Å². The van der Waals surface area contributed by atoms with E-state index >= 15 is 0 Å². The van der Waals surface area contributed by atoms with Crippen LogP contribution in [0, 0.1) is 11.8 Å². The second kappa shape index (κ2) is 28.2. The Morgan fingerprint density at radius 2 is 1.40 bits per heavy atom. The average Bonchev–Trinajstić information content (AvgIpc) is 3.17. The first-order chi connectivity index (χ1) is 27.8. The zero-order valence-corrected chi connectivity index (χ0v) is 36.9. The maximum atomic E-state index is 13.2. The number of nitrogens with one attached hydrogen (secondary N) is 1. The summed E-state index contributed by atoms with van der Waals surface area (Å²) in [7, 11) is -7.67. The third kappa shape index (κ3) is 19.7. The number of aromatic nitrogens is 2. The number of piperidine rings is 4. The summed E-state index contributed by atoms with van der Waals surface area (Å²) in [6.07, 6.45) is -3.38. The van der Waals surface area contributed by atoms with Gasteiger partial charge in [-0.3, -0.25) is 28.1 Å². The van der Waals surface area contributed by atoms with Crippen LogP contribution in [0.3, 0.4) is 0 Å². The molecule has 0 radical (unpaired) electrons. The van der Waals surface area contributed by atoms with Crippen LogP contribution in [-0.4, -0.2) is 137 Å². The largest absolute Gasteiger partial charge is 0.497 e. The number of aliphatic hydroxyl groups is 2. The van der Waals surface area contributed by atoms with Crippen LogP contribution in [0.15, 0.2) is 67.4 Å². The number of hydrogen-bond donors (Lipinski definition) is 7. The highest BCUT2D eigenvalue weighted by Gasteiger charge is 2.42. The van der Waals surface area contributed by atoms with E-state index in [4.69, 9.17) is 39.8 Å². The Bertz CT molecular complexity index is 2300. The molecular formula is C37H58F6N4O18S2. The Morgan fingerprint density at radius 1 is 0.806 bits per heavy atom. The molecule has 6 heterocycles. The topological polar surface area (TPSA) is 460 Å². The van der Waals surface area contributed by atoms with E-state index in [1.165, 1.54) is 12.5 Å². The predicted octanol–water partition coefficient (Wildman–Crippen LogP) is 0.543. The first-order valence-corrected chi connectivity index (χ1v) is 21.0. The molecule has 67 heavy (non-hydrogen) atoms. The number of fused-ring (bicyclic) bond motifs is 5. The van der Waals surface area contributed by atoms with E-state index in [1.54, 1.807) is 13.3 Å². The van der Waals surface area contributed by atoms with E-state index in [0.717, 1.165) is 60.6 Å². The van der Waals surface area contributed by atoms with Gasteiger partial charge in [-0.1, -0.05) is 24.6 Å². The Labute approximate surface area is 379 Å². The molecule has 2 bridgehead atoms. The minimum atomic E-state index is -4.93. The molecule has 8 rings (SSSR count). The van der Waals surface area contributed by atoms with Crippen molar-refractivity contribution in [2.75, 3.05) is 26.7 Å². The quantitative estimate of drug-likeness (QED) is 0.0788. The van der Waals surface area contributed by atoms with Gasteiger partial charge in [-0.05, 0) is 98.1 Å². The van der Waals surface area contributed by atoms with Gasteiger partial charge in [0.15, 0.2) is 0 Å². The van der Waals surface area contributed by atoms with Crippen LogP contribution in [-0.2, 0) is 33.2 Å². The highest BCUT2D eigenvalue weighted by atomic mass is 32.3. The maximum Gasteiger partial charge on any atom is 0.433 e. The molecule has 388 valence electrons. The number of benzene rings is 2. The Morgan fingerprint density at radius 3 is 1.88 bits per heavy atom. The lowest BCUT2D eigenvalue weighted by Gasteiger charge is -2.50. The van der Waals surface area contributed by atoms with Crippen LogP contribution < -0.4 is 10.1 Å². The lowest BCUT2D eigenvalue weighted by molar-refractivity contribution is -0.142. The minimum Gasteiger partial charge on any atom is -0.497 e. The smallest absolute Gasteiger partial charge is 0.433 e. The molecule has 0 saturated carbocycles. The molecule has 4 aromatic rings. The summed E-state index contributed by atoms with van der Waals surface area (Å²) in [6, 6.07) is 11.1. The summed E-state index contributed by atoms with van der Waals surface area (Å²) in [5, 5.41) is 25.6. The lowest BCUT2D eigenvalue weighted by atomic mass is 9.73. The van der Waals surface area contributed by atoms with Crippen molar-refractivity contribution in [2.45, 2.75) is 68.7 Å². The fourth-order valence-electron chi connectivity index (χ4n) is 7.70. The number of rotatable bonds is 6. The number of alkyl halides is 6. The predicted molar refractivity (Wildman–Crippen MR) is 231 cm³/mol. The summed E-state index contributed by atoms with van der Waals surface area (Å²) in [5.74, 6) is 2.01. The van der Waals surface area contributed by atoms with Crippen molar-refractivity contribution in [3.8, 4) is 5.75 Å². The molecule has 4 aliphatic heterocycles. The minimum absolute atomic E-state index is 0. The Balaban J connectivity index is -0.000000454. The lowest BCUT2D eigenvalue weighted by Crippen LogP contribution is -2.54. The maximum absolute atomic E-state index is 13.2. The summed E-state index contributed by atoms with van der Waals surface area (Å²) in [4.78, 5) is 10.1. The fraction of sp³-hybridized carbons (Fsp3) is 0.459. The highest BCUT2D eigenvalue weighted by Crippen LogP contribution is 2.43. The van der Waals surface area contributed by atoms with E-state index < -0.39 is 68.2 Å². The van der Waals surface area contributed by atoms with Gasteiger partial charge in [0, 0.05) is 35.6 Å². The van der Waals surface area contributed by atoms with Crippen LogP contribution in [0.25, 0.3) is 21.8 Å². The summed E-state index contributed by atoms with van der Waals surface area (Å²) < 4.78 is 148. The summed E-state index contributed by atoms with van der Waals surface area (Å²) in [6.45, 7) is 6.66. The van der Waals surface area contributed by atoms with Gasteiger partial charge in [0.25, 0.3) is 0 Å². The molecule has 2 aromatic carbocycles. The number of nitrogens with zero attached hydrogens (tertiary/aromatic N) is 3. The van der Waals surface area contributed by atoms with Crippen LogP contribution in [0.1, 0.15) is 66.7 Å². The molecule has 2 aromatic heterocycles. The van der Waals surface area contributed by atoms with Gasteiger partial charge in [-0.25, -0.2) is 4.98 Å². The zero-order chi connectivity index (χ0) is 44.8. The molecule has 4 fully saturated rings. The second-order valence-corrected chi connectivity index (χ2v) is 16.0. The van der Waals surface area contributed by atoms with Gasteiger partial charge in [0.2, 0.25) is 0 Å². The first-order valence-electron chi connectivity index (χ1n) is 18.2. The van der Waals surface area contributed by atoms with Crippen molar-refractivity contribution in [3.05, 3.63) is 89.8 Å². The number of pyridine rings is 2. The monoisotopic (exact) mass is 1020 g/mol. The van der Waals surface area contributed by atoms with E-state index in [1.807, 2.05) is 24.3 Å². The Hall–Kier alpha value is -4.32. The molecule has 4 saturated heterocycles. The molecule has 22 nitrogen and oxygen atoms in total. The van der Waals surface area contributed by atoms with E-state index in [0.29, 0.717) is 36.9 Å². The van der Waals surface area contributed by atoms with E-state index in [9.17, 15) is 36.6 Å². The number of ether oxygens (including phenoxy) is 1. The SMILES string of the molecule is C=C[C@H]1CN2CC[C@H]1C[C@H]2[C@H](O)c1ccnc2ccc(OC)cc12.O.O.O.O.O.O.O.O=S(=O)(O)O.O=S(=O)(O)O.O[C@@H](c1cc(C(F)(F)F)nc2c(C(F)(F)F)cccc12)[C@H]1CCCCN1. The van der Waals surface area contributed by atoms with Gasteiger partial charge >= 0.3 is 33.2 Å². The fourth-order valence-corrected chi connectivity index (χ4v) is 7.70. The number of aliphatic hydroxyl groups excluding tert-OH is 2. The van der Waals surface area contributed by atoms with Gasteiger partial charge < -0.3 is 58.6 Å². The van der Waals surface area contributed by atoms with Crippen molar-refractivity contribution >= 4 is 42.6 Å². The normalized spacial score (nSPS) is 20.5. The number of hydrogen-bond acceptors (Lipinski definition) is 11. The summed E-state index contributed by atoms with van der Waals surface area (Å²) in [5.41, 5.74) is -1.87. The van der Waals surface area contributed by atoms with Crippen LogP contribution >= 0.6 is 0 Å². The molecule has 0 aliphatic carbocycles. The van der Waals surface area contributed by atoms with E-state index in [2.05, 4.69) is 32.8 Å². The first kappa shape index (κ1) is 69.3. The van der Waals surface area contributed by atoms with Crippen molar-refractivity contribution < 1.29 is 115 Å². The molecule has 1 unspecified atom stereocenters. The van der Waals surface area contributed by atoms with Gasteiger partial charge in [-0.15, -0.1) is 6.58 Å². The molecule has 21 N–H and O–H groups in total. The molecule has 0 spiro atoms. The second-order valence-electron chi connectivity index (χ2n) is 14.2. The van der Waals surface area contributed by atoms with E-state index in [-0.39, 0.29) is 55.3 Å². The van der Waals surface area contributed by atoms with Crippen LogP contribution in [0.5, 0.6) is 5.75 Å². The summed E-state index contributed by atoms with van der Waals surface area (Å²) >= 11 is 0. The van der Waals surface area contributed by atoms with Crippen molar-refractivity contribution in [2.24, 2.45) is 11.8 Å². The van der Waals surface area contributed by atoms with Gasteiger partial charge in [0.1, 0.15) is 11.4 Å². The van der Waals surface area contributed by atoms with Crippen LogP contribution in [0.4, 0.5) is 26.3 Å². The van der Waals surface area contributed by atoms with Gasteiger partial charge in [0.05, 0.1) is 35.9 Å². The van der Waals surface area contributed by atoms with Crippen molar-refractivity contribution in [1.29, 1.82) is 0 Å². The third-order valence-corrected chi connectivity index (χ3v) is 10.3. The average molecular weight is 1030 g/mol. The number of methoxy groups -OCH3 is 1. The number of para-hydroxylation sites is 1. The molecule has 7 atom stereocenters.